The van der Waals surface area contributed by atoms with Crippen molar-refractivity contribution < 1.29 is 0 Å². The Morgan fingerprint density at radius 2 is 1.87 bits per heavy atom. The van der Waals surface area contributed by atoms with Gasteiger partial charge in [0.25, 0.3) is 0 Å². The number of piperidine rings is 2. The van der Waals surface area contributed by atoms with Gasteiger partial charge in [0.1, 0.15) is 0 Å². The quantitative estimate of drug-likeness (QED) is 0.441. The first-order valence-corrected chi connectivity index (χ1v) is 12.4. The molecule has 1 aromatic carbocycles. The van der Waals surface area contributed by atoms with Crippen molar-refractivity contribution in [2.45, 2.75) is 63.4 Å². The first kappa shape index (κ1) is 22.4. The summed E-state index contributed by atoms with van der Waals surface area (Å²) in [6.07, 6.45) is 14.6. The van der Waals surface area contributed by atoms with E-state index in [1.54, 1.807) is 0 Å². The number of hydrogen-bond donors (Lipinski definition) is 2. The van der Waals surface area contributed by atoms with E-state index in [9.17, 15) is 0 Å². The van der Waals surface area contributed by atoms with Crippen LogP contribution in [0.25, 0.3) is 0 Å². The van der Waals surface area contributed by atoms with Crippen molar-refractivity contribution in [2.75, 3.05) is 36.4 Å². The van der Waals surface area contributed by atoms with Crippen LogP contribution in [0.15, 0.2) is 42.0 Å². The van der Waals surface area contributed by atoms with E-state index in [0.29, 0.717) is 0 Å². The molecule has 3 unspecified atom stereocenters. The maximum atomic E-state index is 7.86. The predicted octanol–water partition coefficient (Wildman–Crippen LogP) is 5.68. The third-order valence-electron chi connectivity index (χ3n) is 7.26. The lowest BCUT2D eigenvalue weighted by Crippen LogP contribution is -2.46. The standard InChI is InChI=1S/C26H37ClN4/c1-19-6-9-24(25(27)16-19)20(2)29-26-17-23(8-7-21(26)18-28)31-14-10-22(11-15-31)30-12-4-3-5-13-30/h6-9,16-18,20,22,24-25,28-29H,3-5,10-15H2,1-2H3. The highest BCUT2D eigenvalue weighted by atomic mass is 35.5. The highest BCUT2D eigenvalue weighted by Gasteiger charge is 2.27. The fourth-order valence-electron chi connectivity index (χ4n) is 5.34. The molecule has 31 heavy (non-hydrogen) atoms. The van der Waals surface area contributed by atoms with Crippen molar-refractivity contribution in [2.24, 2.45) is 5.92 Å². The second kappa shape index (κ2) is 10.2. The molecular weight excluding hydrogens is 404 g/mol. The van der Waals surface area contributed by atoms with E-state index in [1.165, 1.54) is 62.7 Å². The average molecular weight is 441 g/mol. The summed E-state index contributed by atoms with van der Waals surface area (Å²) in [6.45, 7) is 9.07. The number of likely N-dealkylation sites (tertiary alicyclic amines) is 1. The molecule has 0 amide bonds. The van der Waals surface area contributed by atoms with Crippen LogP contribution in [-0.4, -0.2) is 54.8 Å². The second-order valence-corrected chi connectivity index (χ2v) is 9.96. The highest BCUT2D eigenvalue weighted by molar-refractivity contribution is 6.22. The Kier molecular flexibility index (Phi) is 7.39. The fraction of sp³-hybridized carbons (Fsp3) is 0.577. The summed E-state index contributed by atoms with van der Waals surface area (Å²) in [5, 5.41) is 11.5. The zero-order chi connectivity index (χ0) is 21.8. The molecular formula is C26H37ClN4. The summed E-state index contributed by atoms with van der Waals surface area (Å²) in [7, 11) is 0. The van der Waals surface area contributed by atoms with Crippen molar-refractivity contribution in [3.63, 3.8) is 0 Å². The molecule has 2 heterocycles. The molecule has 4 nitrogen and oxygen atoms in total. The Balaban J connectivity index is 1.42. The number of allylic oxidation sites excluding steroid dienone is 3. The number of halogens is 1. The predicted molar refractivity (Wildman–Crippen MR) is 134 cm³/mol. The summed E-state index contributed by atoms with van der Waals surface area (Å²) in [4.78, 5) is 5.24. The molecule has 2 fully saturated rings. The molecule has 0 radical (unpaired) electrons. The third kappa shape index (κ3) is 5.35. The molecule has 1 aromatic rings. The Labute approximate surface area is 192 Å². The van der Waals surface area contributed by atoms with Gasteiger partial charge in [0.2, 0.25) is 0 Å². The van der Waals surface area contributed by atoms with Crippen molar-refractivity contribution in [3.05, 3.63) is 47.6 Å². The fourth-order valence-corrected chi connectivity index (χ4v) is 5.84. The molecule has 5 heteroatoms. The molecule has 2 saturated heterocycles. The summed E-state index contributed by atoms with van der Waals surface area (Å²) >= 11 is 6.62. The molecule has 168 valence electrons. The smallest absolute Gasteiger partial charge is 0.0603 e. The van der Waals surface area contributed by atoms with Gasteiger partial charge < -0.3 is 20.5 Å². The van der Waals surface area contributed by atoms with Gasteiger partial charge in [-0.2, -0.15) is 0 Å². The SMILES string of the molecule is CC1=CC(Cl)C(C(C)Nc2cc(N3CCC(N4CCCCC4)CC3)ccc2C=N)C=C1. The Bertz CT molecular complexity index is 819. The second-order valence-electron chi connectivity index (χ2n) is 9.46. The topological polar surface area (TPSA) is 42.4 Å². The summed E-state index contributed by atoms with van der Waals surface area (Å²) < 4.78 is 0. The highest BCUT2D eigenvalue weighted by Crippen LogP contribution is 2.31. The number of anilines is 2. The van der Waals surface area contributed by atoms with Crippen LogP contribution in [0, 0.1) is 11.3 Å². The van der Waals surface area contributed by atoms with E-state index in [0.717, 1.165) is 30.4 Å². The Morgan fingerprint density at radius 3 is 2.55 bits per heavy atom. The van der Waals surface area contributed by atoms with Gasteiger partial charge in [-0.25, -0.2) is 0 Å². The lowest BCUT2D eigenvalue weighted by Gasteiger charge is -2.41. The van der Waals surface area contributed by atoms with Gasteiger partial charge in [-0.05, 0) is 70.8 Å². The summed E-state index contributed by atoms with van der Waals surface area (Å²) in [6, 6.07) is 7.42. The molecule has 3 atom stereocenters. The molecule has 4 rings (SSSR count). The number of benzene rings is 1. The lowest BCUT2D eigenvalue weighted by molar-refractivity contribution is 0.141. The van der Waals surface area contributed by atoms with Crippen LogP contribution in [0.2, 0.25) is 0 Å². The largest absolute Gasteiger partial charge is 0.381 e. The monoisotopic (exact) mass is 440 g/mol. The Hall–Kier alpha value is -1.78. The van der Waals surface area contributed by atoms with Gasteiger partial charge >= 0.3 is 0 Å². The van der Waals surface area contributed by atoms with Crippen LogP contribution in [0.4, 0.5) is 11.4 Å². The van der Waals surface area contributed by atoms with E-state index < -0.39 is 0 Å². The van der Waals surface area contributed by atoms with Crippen LogP contribution in [0.3, 0.4) is 0 Å². The van der Waals surface area contributed by atoms with Gasteiger partial charge in [0, 0.05) is 54.2 Å². The normalized spacial score (nSPS) is 26.4. The third-order valence-corrected chi connectivity index (χ3v) is 7.68. The van der Waals surface area contributed by atoms with Crippen LogP contribution in [0.1, 0.15) is 51.5 Å². The maximum absolute atomic E-state index is 7.86. The van der Waals surface area contributed by atoms with Gasteiger partial charge in [0.15, 0.2) is 0 Å². The van der Waals surface area contributed by atoms with Crippen LogP contribution >= 0.6 is 11.6 Å². The number of nitrogens with zero attached hydrogens (tertiary/aromatic N) is 2. The first-order chi connectivity index (χ1) is 15.0. The first-order valence-electron chi connectivity index (χ1n) is 12.0. The van der Waals surface area contributed by atoms with E-state index in [2.05, 4.69) is 65.4 Å². The van der Waals surface area contributed by atoms with Crippen molar-refractivity contribution >= 4 is 29.2 Å². The van der Waals surface area contributed by atoms with Crippen molar-refractivity contribution in [3.8, 4) is 0 Å². The van der Waals surface area contributed by atoms with Gasteiger partial charge in [-0.1, -0.05) is 30.2 Å². The molecule has 2 aliphatic heterocycles. The van der Waals surface area contributed by atoms with Gasteiger partial charge in [0.05, 0.1) is 5.38 Å². The van der Waals surface area contributed by atoms with E-state index in [-0.39, 0.29) is 17.3 Å². The molecule has 0 aromatic heterocycles. The minimum absolute atomic E-state index is 0.00655. The van der Waals surface area contributed by atoms with E-state index in [4.69, 9.17) is 17.0 Å². The molecule has 2 N–H and O–H groups in total. The maximum Gasteiger partial charge on any atom is 0.0603 e. The molecule has 0 spiro atoms. The Morgan fingerprint density at radius 1 is 1.13 bits per heavy atom. The van der Waals surface area contributed by atoms with Crippen LogP contribution < -0.4 is 10.2 Å². The number of nitrogens with one attached hydrogen (secondary N) is 2. The number of alkyl halides is 1. The van der Waals surface area contributed by atoms with Crippen molar-refractivity contribution in [1.82, 2.24) is 4.90 Å². The van der Waals surface area contributed by atoms with E-state index in [1.807, 2.05) is 0 Å². The molecule has 0 saturated carbocycles. The summed E-state index contributed by atoms with van der Waals surface area (Å²) in [5.74, 6) is 0.230. The lowest BCUT2D eigenvalue weighted by atomic mass is 9.90. The van der Waals surface area contributed by atoms with E-state index >= 15 is 0 Å². The van der Waals surface area contributed by atoms with Crippen LogP contribution in [0.5, 0.6) is 0 Å². The van der Waals surface area contributed by atoms with Gasteiger partial charge in [-0.3, -0.25) is 0 Å². The molecule has 1 aliphatic carbocycles. The molecule has 3 aliphatic rings. The average Bonchev–Trinajstić information content (AvgIpc) is 2.79. The number of rotatable bonds is 6. The zero-order valence-electron chi connectivity index (χ0n) is 19.0. The van der Waals surface area contributed by atoms with Gasteiger partial charge in [-0.15, -0.1) is 11.6 Å². The summed E-state index contributed by atoms with van der Waals surface area (Å²) in [5.41, 5.74) is 4.44. The molecule has 0 bridgehead atoms. The minimum Gasteiger partial charge on any atom is -0.381 e. The minimum atomic E-state index is -0.00655. The van der Waals surface area contributed by atoms with Crippen molar-refractivity contribution in [1.29, 1.82) is 5.41 Å². The van der Waals surface area contributed by atoms with Crippen LogP contribution in [-0.2, 0) is 0 Å². The zero-order valence-corrected chi connectivity index (χ0v) is 19.7. The number of hydrogen-bond acceptors (Lipinski definition) is 4.